The Labute approximate surface area is 144 Å². The average molecular weight is 354 g/mol. The molecule has 3 rings (SSSR count). The number of hydrogen-bond acceptors (Lipinski definition) is 5. The van der Waals surface area contributed by atoms with Crippen molar-refractivity contribution < 1.29 is 4.79 Å². The Morgan fingerprint density at radius 3 is 3.13 bits per heavy atom. The van der Waals surface area contributed by atoms with E-state index in [4.69, 9.17) is 0 Å². The van der Waals surface area contributed by atoms with Crippen LogP contribution < -0.4 is 10.9 Å². The lowest BCUT2D eigenvalue weighted by molar-refractivity contribution is -0.122. The molecular formula is C16H23N3O2S2. The highest BCUT2D eigenvalue weighted by atomic mass is 33.1. The van der Waals surface area contributed by atoms with Gasteiger partial charge in [-0.25, -0.2) is 5.10 Å². The second kappa shape index (κ2) is 8.24. The van der Waals surface area contributed by atoms with Gasteiger partial charge in [0, 0.05) is 29.5 Å². The molecule has 7 heteroatoms. The summed E-state index contributed by atoms with van der Waals surface area (Å²) >= 11 is 0. The predicted octanol–water partition coefficient (Wildman–Crippen LogP) is 2.46. The van der Waals surface area contributed by atoms with Gasteiger partial charge in [0.05, 0.1) is 5.69 Å². The lowest BCUT2D eigenvalue weighted by Crippen LogP contribution is -2.39. The van der Waals surface area contributed by atoms with E-state index in [0.717, 1.165) is 42.2 Å². The molecule has 1 aliphatic heterocycles. The lowest BCUT2D eigenvalue weighted by atomic mass is 9.92. The summed E-state index contributed by atoms with van der Waals surface area (Å²) in [6.45, 7) is 0. The maximum absolute atomic E-state index is 12.1. The van der Waals surface area contributed by atoms with Gasteiger partial charge in [-0.15, -0.1) is 0 Å². The third-order valence-electron chi connectivity index (χ3n) is 4.45. The molecule has 1 aromatic rings. The van der Waals surface area contributed by atoms with E-state index >= 15 is 0 Å². The zero-order chi connectivity index (χ0) is 16.1. The third kappa shape index (κ3) is 5.01. The van der Waals surface area contributed by atoms with E-state index < -0.39 is 0 Å². The number of fused-ring (bicyclic) bond motifs is 1. The molecule has 0 radical (unpaired) electrons. The molecule has 2 heterocycles. The molecule has 1 saturated heterocycles. The van der Waals surface area contributed by atoms with Crippen molar-refractivity contribution in [2.45, 2.75) is 62.7 Å². The van der Waals surface area contributed by atoms with Crippen molar-refractivity contribution in [3.05, 3.63) is 27.7 Å². The molecular weight excluding hydrogens is 330 g/mol. The molecule has 23 heavy (non-hydrogen) atoms. The summed E-state index contributed by atoms with van der Waals surface area (Å²) in [5.74, 6) is 1.42. The van der Waals surface area contributed by atoms with Crippen molar-refractivity contribution in [2.75, 3.05) is 5.75 Å². The van der Waals surface area contributed by atoms with Crippen LogP contribution in [-0.2, 0) is 17.6 Å². The monoisotopic (exact) mass is 353 g/mol. The van der Waals surface area contributed by atoms with Crippen LogP contribution in [0.25, 0.3) is 0 Å². The highest BCUT2D eigenvalue weighted by molar-refractivity contribution is 8.77. The quantitative estimate of drug-likeness (QED) is 0.607. The summed E-state index contributed by atoms with van der Waals surface area (Å²) in [4.78, 5) is 23.4. The number of aromatic nitrogens is 2. The van der Waals surface area contributed by atoms with Crippen LogP contribution in [0.4, 0.5) is 0 Å². The Bertz CT molecular complexity index is 599. The van der Waals surface area contributed by atoms with Gasteiger partial charge >= 0.3 is 0 Å². The van der Waals surface area contributed by atoms with Crippen molar-refractivity contribution in [2.24, 2.45) is 0 Å². The van der Waals surface area contributed by atoms with Crippen molar-refractivity contribution >= 4 is 27.5 Å². The normalized spacial score (nSPS) is 23.5. The minimum atomic E-state index is -0.168. The van der Waals surface area contributed by atoms with E-state index in [-0.39, 0.29) is 17.5 Å². The zero-order valence-electron chi connectivity index (χ0n) is 13.2. The van der Waals surface area contributed by atoms with E-state index in [0.29, 0.717) is 12.8 Å². The summed E-state index contributed by atoms with van der Waals surface area (Å²) in [5.41, 5.74) is 1.77. The number of rotatable bonds is 6. The zero-order valence-corrected chi connectivity index (χ0v) is 14.8. The second-order valence-corrected chi connectivity index (χ2v) is 9.07. The number of aryl methyl sites for hydroxylation is 1. The topological polar surface area (TPSA) is 74.8 Å². The number of amides is 1. The fourth-order valence-corrected chi connectivity index (χ4v) is 6.21. The number of unbranched alkanes of at least 4 members (excludes halogenated alkanes) is 1. The Morgan fingerprint density at radius 1 is 1.39 bits per heavy atom. The van der Waals surface area contributed by atoms with Crippen molar-refractivity contribution in [1.29, 1.82) is 0 Å². The standard InChI is InChI=1S/C16H23N3O2S2/c20-15(4-2-1-3-13-7-8-22-23-13)17-12-5-6-14-11(9-12)10-16(21)19-18-14/h10,12-13H,1-9H2,(H,17,20)(H,19,21)/t12-,13-/m0/s1. The van der Waals surface area contributed by atoms with E-state index in [1.165, 1.54) is 18.6 Å². The Hall–Kier alpha value is -0.950. The molecule has 1 amide bonds. The van der Waals surface area contributed by atoms with E-state index in [2.05, 4.69) is 15.5 Å². The highest BCUT2D eigenvalue weighted by Crippen LogP contribution is 2.39. The van der Waals surface area contributed by atoms with Crippen LogP contribution in [0.15, 0.2) is 10.9 Å². The van der Waals surface area contributed by atoms with Crippen LogP contribution in [0.3, 0.4) is 0 Å². The predicted molar refractivity (Wildman–Crippen MR) is 95.7 cm³/mol. The van der Waals surface area contributed by atoms with Gasteiger partial charge in [0.25, 0.3) is 5.56 Å². The fourth-order valence-electron chi connectivity index (χ4n) is 3.18. The molecule has 0 aromatic carbocycles. The summed E-state index contributed by atoms with van der Waals surface area (Å²) in [7, 11) is 3.98. The first-order chi connectivity index (χ1) is 11.2. The molecule has 2 atom stereocenters. The van der Waals surface area contributed by atoms with Crippen molar-refractivity contribution in [3.63, 3.8) is 0 Å². The summed E-state index contributed by atoms with van der Waals surface area (Å²) in [6.07, 6.45) is 7.69. The van der Waals surface area contributed by atoms with Gasteiger partial charge in [-0.1, -0.05) is 28.0 Å². The number of nitrogens with zero attached hydrogens (tertiary/aromatic N) is 1. The summed E-state index contributed by atoms with van der Waals surface area (Å²) in [6, 6.07) is 1.75. The minimum absolute atomic E-state index is 0.139. The van der Waals surface area contributed by atoms with E-state index in [1.807, 2.05) is 21.6 Å². The van der Waals surface area contributed by atoms with Gasteiger partial charge in [-0.2, -0.15) is 5.10 Å². The van der Waals surface area contributed by atoms with Crippen molar-refractivity contribution in [1.82, 2.24) is 15.5 Å². The molecule has 0 unspecified atom stereocenters. The maximum atomic E-state index is 12.1. The van der Waals surface area contributed by atoms with Crippen LogP contribution >= 0.6 is 21.6 Å². The van der Waals surface area contributed by atoms with Crippen LogP contribution in [-0.4, -0.2) is 33.1 Å². The van der Waals surface area contributed by atoms with Crippen LogP contribution in [0.2, 0.25) is 0 Å². The second-order valence-electron chi connectivity index (χ2n) is 6.29. The van der Waals surface area contributed by atoms with Crippen LogP contribution in [0.5, 0.6) is 0 Å². The number of hydrogen-bond donors (Lipinski definition) is 2. The molecule has 2 aliphatic rings. The first-order valence-corrected chi connectivity index (χ1v) is 10.7. The fraction of sp³-hybridized carbons (Fsp3) is 0.688. The van der Waals surface area contributed by atoms with Gasteiger partial charge < -0.3 is 5.32 Å². The summed E-state index contributed by atoms with van der Waals surface area (Å²) < 4.78 is 0. The Kier molecular flexibility index (Phi) is 6.05. The Morgan fingerprint density at radius 2 is 2.30 bits per heavy atom. The third-order valence-corrected chi connectivity index (χ3v) is 7.45. The highest BCUT2D eigenvalue weighted by Gasteiger charge is 2.21. The molecule has 5 nitrogen and oxygen atoms in total. The molecule has 0 bridgehead atoms. The molecule has 1 aliphatic carbocycles. The number of aromatic amines is 1. The van der Waals surface area contributed by atoms with Gasteiger partial charge in [0.1, 0.15) is 0 Å². The first-order valence-electron chi connectivity index (χ1n) is 8.36. The van der Waals surface area contributed by atoms with Gasteiger partial charge in [0.2, 0.25) is 5.91 Å². The number of nitrogens with one attached hydrogen (secondary N) is 2. The molecule has 1 aromatic heterocycles. The Balaban J connectivity index is 1.37. The van der Waals surface area contributed by atoms with E-state index in [1.54, 1.807) is 6.07 Å². The SMILES string of the molecule is O=C(CCCC[C@H]1CCSS1)N[C@H]1CCc2n[nH]c(=O)cc2C1. The molecule has 0 spiro atoms. The maximum Gasteiger partial charge on any atom is 0.264 e. The summed E-state index contributed by atoms with van der Waals surface area (Å²) in [5, 5.41) is 10.5. The van der Waals surface area contributed by atoms with Crippen LogP contribution in [0.1, 0.15) is 49.8 Å². The number of H-pyrrole nitrogens is 1. The van der Waals surface area contributed by atoms with Gasteiger partial charge in [0.15, 0.2) is 0 Å². The smallest absolute Gasteiger partial charge is 0.264 e. The number of carbonyl (C=O) groups excluding carboxylic acids is 1. The van der Waals surface area contributed by atoms with Crippen LogP contribution in [0, 0.1) is 0 Å². The van der Waals surface area contributed by atoms with E-state index in [9.17, 15) is 9.59 Å². The molecule has 0 saturated carbocycles. The molecule has 2 N–H and O–H groups in total. The molecule has 1 fully saturated rings. The largest absolute Gasteiger partial charge is 0.353 e. The van der Waals surface area contributed by atoms with Gasteiger partial charge in [-0.3, -0.25) is 9.59 Å². The minimum Gasteiger partial charge on any atom is -0.353 e. The average Bonchev–Trinajstić information content (AvgIpc) is 3.04. The molecule has 126 valence electrons. The lowest BCUT2D eigenvalue weighted by Gasteiger charge is -2.24. The first kappa shape index (κ1) is 16.9. The number of carbonyl (C=O) groups is 1. The van der Waals surface area contributed by atoms with Gasteiger partial charge in [-0.05, 0) is 44.1 Å². The van der Waals surface area contributed by atoms with Crippen molar-refractivity contribution in [3.8, 4) is 0 Å².